The lowest BCUT2D eigenvalue weighted by Gasteiger charge is -2.12. The van der Waals surface area contributed by atoms with Gasteiger partial charge in [0.25, 0.3) is 5.91 Å². The van der Waals surface area contributed by atoms with Crippen LogP contribution in [0.3, 0.4) is 0 Å². The van der Waals surface area contributed by atoms with Gasteiger partial charge in [0.2, 0.25) is 5.91 Å². The van der Waals surface area contributed by atoms with Crippen molar-refractivity contribution in [3.05, 3.63) is 71.8 Å². The van der Waals surface area contributed by atoms with Crippen LogP contribution in [0.15, 0.2) is 65.6 Å². The van der Waals surface area contributed by atoms with E-state index in [4.69, 9.17) is 18.9 Å². The molecule has 8 nitrogen and oxygen atoms in total. The summed E-state index contributed by atoms with van der Waals surface area (Å²) in [4.78, 5) is 26.1. The molecule has 184 valence electrons. The van der Waals surface area contributed by atoms with Gasteiger partial charge in [-0.15, -0.1) is 11.8 Å². The van der Waals surface area contributed by atoms with Gasteiger partial charge in [0, 0.05) is 23.2 Å². The molecule has 3 aromatic carbocycles. The number of thioether (sulfide) groups is 1. The fraction of sp³-hybridized carbons (Fsp3) is 0.231. The van der Waals surface area contributed by atoms with Crippen molar-refractivity contribution in [3.8, 4) is 23.0 Å². The summed E-state index contributed by atoms with van der Waals surface area (Å²) in [5, 5.41) is 5.76. The van der Waals surface area contributed by atoms with Gasteiger partial charge in [-0.25, -0.2) is 0 Å². The zero-order chi connectivity index (χ0) is 25.2. The lowest BCUT2D eigenvalue weighted by molar-refractivity contribution is -0.113. The third-order valence-electron chi connectivity index (χ3n) is 5.06. The van der Waals surface area contributed by atoms with E-state index in [0.29, 0.717) is 45.7 Å². The Bertz CT molecular complexity index is 1180. The van der Waals surface area contributed by atoms with Gasteiger partial charge in [-0.1, -0.05) is 18.2 Å². The monoisotopic (exact) mass is 496 g/mol. The molecule has 0 aromatic heterocycles. The average Bonchev–Trinajstić information content (AvgIpc) is 2.90. The van der Waals surface area contributed by atoms with E-state index in [-0.39, 0.29) is 17.6 Å². The molecule has 0 unspecified atom stereocenters. The van der Waals surface area contributed by atoms with Crippen molar-refractivity contribution in [1.29, 1.82) is 0 Å². The quantitative estimate of drug-likeness (QED) is 0.380. The second kappa shape index (κ2) is 12.6. The van der Waals surface area contributed by atoms with E-state index in [1.807, 2.05) is 24.3 Å². The maximum absolute atomic E-state index is 12.9. The first-order valence-corrected chi connectivity index (χ1v) is 11.7. The molecule has 3 aromatic rings. The molecule has 0 radical (unpaired) electrons. The van der Waals surface area contributed by atoms with E-state index in [1.165, 1.54) is 18.9 Å². The van der Waals surface area contributed by atoms with E-state index in [9.17, 15) is 9.59 Å². The lowest BCUT2D eigenvalue weighted by Crippen LogP contribution is -2.23. The number of hydrogen-bond donors (Lipinski definition) is 2. The molecule has 9 heteroatoms. The van der Waals surface area contributed by atoms with Crippen molar-refractivity contribution in [2.24, 2.45) is 0 Å². The normalized spacial score (nSPS) is 10.3. The second-order valence-corrected chi connectivity index (χ2v) is 8.29. The second-order valence-electron chi connectivity index (χ2n) is 7.27. The fourth-order valence-corrected chi connectivity index (χ4v) is 4.15. The first-order chi connectivity index (χ1) is 17.0. The Morgan fingerprint density at radius 1 is 0.771 bits per heavy atom. The minimum Gasteiger partial charge on any atom is -0.493 e. The Balaban J connectivity index is 1.60. The summed E-state index contributed by atoms with van der Waals surface area (Å²) in [6.45, 7) is 0.317. The number of ether oxygens (including phenoxy) is 4. The Labute approximate surface area is 208 Å². The number of nitrogens with one attached hydrogen (secondary N) is 2. The summed E-state index contributed by atoms with van der Waals surface area (Å²) in [5.74, 6) is 2.01. The predicted molar refractivity (Wildman–Crippen MR) is 136 cm³/mol. The van der Waals surface area contributed by atoms with Crippen LogP contribution >= 0.6 is 11.8 Å². The van der Waals surface area contributed by atoms with Crippen LogP contribution in [0.2, 0.25) is 0 Å². The van der Waals surface area contributed by atoms with E-state index < -0.39 is 0 Å². The molecule has 0 aliphatic carbocycles. The topological polar surface area (TPSA) is 95.1 Å². The highest BCUT2D eigenvalue weighted by Crippen LogP contribution is 2.30. The van der Waals surface area contributed by atoms with Crippen LogP contribution in [0.1, 0.15) is 15.9 Å². The average molecular weight is 497 g/mol. The van der Waals surface area contributed by atoms with E-state index in [1.54, 1.807) is 57.7 Å². The molecule has 0 saturated carbocycles. The first-order valence-electron chi connectivity index (χ1n) is 10.7. The number of carbonyl (C=O) groups excluding carboxylic acids is 2. The number of anilines is 1. The minimum atomic E-state index is -0.233. The molecular formula is C26H28N2O6S. The smallest absolute Gasteiger partial charge is 0.252 e. The molecule has 0 heterocycles. The predicted octanol–water partition coefficient (Wildman–Crippen LogP) is 4.38. The van der Waals surface area contributed by atoms with Gasteiger partial charge in [0.15, 0.2) is 23.0 Å². The number of rotatable bonds is 11. The number of benzene rings is 3. The van der Waals surface area contributed by atoms with Crippen LogP contribution in [-0.4, -0.2) is 46.0 Å². The SMILES string of the molecule is COc1ccc(CNC(=O)c2ccccc2SCC(=O)Nc2ccc(OC)c(OC)c2)cc1OC. The number of methoxy groups -OCH3 is 4. The molecule has 2 N–H and O–H groups in total. The molecule has 0 fully saturated rings. The molecule has 3 rings (SSSR count). The van der Waals surface area contributed by atoms with Gasteiger partial charge in [0.1, 0.15) is 0 Å². The van der Waals surface area contributed by atoms with Gasteiger partial charge in [-0.05, 0) is 42.0 Å². The third-order valence-corrected chi connectivity index (χ3v) is 6.13. The Morgan fingerprint density at radius 3 is 2.09 bits per heavy atom. The van der Waals surface area contributed by atoms with Crippen LogP contribution in [0, 0.1) is 0 Å². The van der Waals surface area contributed by atoms with Crippen molar-refractivity contribution in [1.82, 2.24) is 5.32 Å². The van der Waals surface area contributed by atoms with Crippen LogP contribution < -0.4 is 29.6 Å². The molecule has 0 atom stereocenters. The number of amides is 2. The van der Waals surface area contributed by atoms with Crippen molar-refractivity contribution in [3.63, 3.8) is 0 Å². The summed E-state index contributed by atoms with van der Waals surface area (Å²) in [6, 6.07) is 17.8. The van der Waals surface area contributed by atoms with Crippen LogP contribution in [-0.2, 0) is 11.3 Å². The van der Waals surface area contributed by atoms with Crippen molar-refractivity contribution < 1.29 is 28.5 Å². The molecule has 35 heavy (non-hydrogen) atoms. The van der Waals surface area contributed by atoms with E-state index in [2.05, 4.69) is 10.6 Å². The summed E-state index contributed by atoms with van der Waals surface area (Å²) in [7, 11) is 6.22. The molecule has 0 spiro atoms. The standard InChI is InChI=1S/C26H28N2O6S/c1-31-20-11-9-17(13-22(20)33-3)15-27-26(30)19-7-5-6-8-24(19)35-16-25(29)28-18-10-12-21(32-2)23(14-18)34-4/h5-14H,15-16H2,1-4H3,(H,27,30)(H,28,29). The highest BCUT2D eigenvalue weighted by molar-refractivity contribution is 8.00. The molecule has 0 saturated heterocycles. The summed E-state index contributed by atoms with van der Waals surface area (Å²) in [5.41, 5.74) is 1.96. The molecule has 0 aliphatic heterocycles. The molecule has 2 amide bonds. The zero-order valence-corrected chi connectivity index (χ0v) is 20.9. The van der Waals surface area contributed by atoms with Gasteiger partial charge in [-0.2, -0.15) is 0 Å². The Hall–Kier alpha value is -3.85. The van der Waals surface area contributed by atoms with Gasteiger partial charge >= 0.3 is 0 Å². The van der Waals surface area contributed by atoms with Crippen molar-refractivity contribution in [2.45, 2.75) is 11.4 Å². The van der Waals surface area contributed by atoms with E-state index >= 15 is 0 Å². The molecule has 0 aliphatic rings. The summed E-state index contributed by atoms with van der Waals surface area (Å²) < 4.78 is 21.1. The largest absolute Gasteiger partial charge is 0.493 e. The highest BCUT2D eigenvalue weighted by atomic mass is 32.2. The van der Waals surface area contributed by atoms with E-state index in [0.717, 1.165) is 5.56 Å². The first kappa shape index (κ1) is 25.8. The number of hydrogen-bond acceptors (Lipinski definition) is 7. The fourth-order valence-electron chi connectivity index (χ4n) is 3.30. The Kier molecular flexibility index (Phi) is 9.25. The Morgan fingerprint density at radius 2 is 1.40 bits per heavy atom. The van der Waals surface area contributed by atoms with Gasteiger partial charge < -0.3 is 29.6 Å². The maximum Gasteiger partial charge on any atom is 0.252 e. The van der Waals surface area contributed by atoms with Crippen LogP contribution in [0.25, 0.3) is 0 Å². The van der Waals surface area contributed by atoms with Gasteiger partial charge in [0.05, 0.1) is 39.8 Å². The minimum absolute atomic E-state index is 0.133. The maximum atomic E-state index is 12.9. The third kappa shape index (κ3) is 6.83. The summed E-state index contributed by atoms with van der Waals surface area (Å²) >= 11 is 1.29. The summed E-state index contributed by atoms with van der Waals surface area (Å²) in [6.07, 6.45) is 0. The number of carbonyl (C=O) groups is 2. The van der Waals surface area contributed by atoms with Crippen LogP contribution in [0.5, 0.6) is 23.0 Å². The van der Waals surface area contributed by atoms with Crippen LogP contribution in [0.4, 0.5) is 5.69 Å². The van der Waals surface area contributed by atoms with Crippen molar-refractivity contribution in [2.75, 3.05) is 39.5 Å². The highest BCUT2D eigenvalue weighted by Gasteiger charge is 2.14. The zero-order valence-electron chi connectivity index (χ0n) is 20.0. The lowest BCUT2D eigenvalue weighted by atomic mass is 10.1. The molecular weight excluding hydrogens is 468 g/mol. The van der Waals surface area contributed by atoms with Gasteiger partial charge in [-0.3, -0.25) is 9.59 Å². The van der Waals surface area contributed by atoms with Crippen molar-refractivity contribution >= 4 is 29.3 Å². The molecule has 0 bridgehead atoms.